The molecule has 0 aliphatic rings. The molecule has 0 fully saturated rings. The van der Waals surface area contributed by atoms with Gasteiger partial charge < -0.3 is 10.6 Å². The van der Waals surface area contributed by atoms with Gasteiger partial charge in [-0.05, 0) is 30.4 Å². The van der Waals surface area contributed by atoms with Crippen molar-refractivity contribution in [1.82, 2.24) is 0 Å². The van der Waals surface area contributed by atoms with E-state index in [1.807, 2.05) is 0 Å². The van der Waals surface area contributed by atoms with Crippen LogP contribution in [0.15, 0.2) is 42.5 Å². The molecule has 0 atom stereocenters. The highest BCUT2D eigenvalue weighted by atomic mass is 32.1. The smallest absolute Gasteiger partial charge is 0.295 e. The van der Waals surface area contributed by atoms with Crippen LogP contribution in [0.25, 0.3) is 0 Å². The van der Waals surface area contributed by atoms with Gasteiger partial charge in [-0.15, -0.1) is 0 Å². The van der Waals surface area contributed by atoms with Gasteiger partial charge in [-0.2, -0.15) is 0 Å². The van der Waals surface area contributed by atoms with Crippen LogP contribution in [0.2, 0.25) is 0 Å². The molecular formula is C13H9FN4O4S. The molecule has 118 valence electrons. The first-order chi connectivity index (χ1) is 10.9. The van der Waals surface area contributed by atoms with E-state index in [-0.39, 0.29) is 16.5 Å². The summed E-state index contributed by atoms with van der Waals surface area (Å²) in [7, 11) is 0. The molecule has 0 aliphatic heterocycles. The van der Waals surface area contributed by atoms with Crippen LogP contribution in [-0.2, 0) is 0 Å². The van der Waals surface area contributed by atoms with Crippen LogP contribution in [-0.4, -0.2) is 15.0 Å². The summed E-state index contributed by atoms with van der Waals surface area (Å²) < 4.78 is 13.1. The Labute approximate surface area is 134 Å². The molecule has 0 radical (unpaired) electrons. The highest BCUT2D eigenvalue weighted by Crippen LogP contribution is 2.25. The first kappa shape index (κ1) is 16.2. The standard InChI is InChI=1S/C13H9FN4O4S/c14-8-4-5-11(12(6-8)18(21)22)16-13(23)15-9-2-1-3-10(7-9)17(19)20/h1-7H,(H2,15,16,23). The third kappa shape index (κ3) is 4.17. The third-order valence-electron chi connectivity index (χ3n) is 2.72. The lowest BCUT2D eigenvalue weighted by molar-refractivity contribution is -0.384. The Hall–Kier alpha value is -3.14. The fourth-order valence-corrected chi connectivity index (χ4v) is 1.97. The average Bonchev–Trinajstić information content (AvgIpc) is 2.49. The lowest BCUT2D eigenvalue weighted by Crippen LogP contribution is -2.19. The summed E-state index contributed by atoms with van der Waals surface area (Å²) in [6.07, 6.45) is 0. The number of hydrogen-bond acceptors (Lipinski definition) is 5. The molecule has 0 amide bonds. The Morgan fingerprint density at radius 1 is 1.04 bits per heavy atom. The lowest BCUT2D eigenvalue weighted by Gasteiger charge is -2.10. The number of thiocarbonyl (C=S) groups is 1. The summed E-state index contributed by atoms with van der Waals surface area (Å²) in [6, 6.07) is 8.56. The van der Waals surface area contributed by atoms with Gasteiger partial charge >= 0.3 is 0 Å². The van der Waals surface area contributed by atoms with Crippen molar-refractivity contribution in [2.45, 2.75) is 0 Å². The zero-order valence-corrected chi connectivity index (χ0v) is 12.2. The highest BCUT2D eigenvalue weighted by Gasteiger charge is 2.16. The van der Waals surface area contributed by atoms with Crippen molar-refractivity contribution >= 4 is 40.1 Å². The van der Waals surface area contributed by atoms with Gasteiger partial charge in [0.2, 0.25) is 0 Å². The molecule has 2 rings (SSSR count). The third-order valence-corrected chi connectivity index (χ3v) is 2.92. The molecule has 2 N–H and O–H groups in total. The van der Waals surface area contributed by atoms with Crippen LogP contribution in [0.5, 0.6) is 0 Å². The first-order valence-electron chi connectivity index (χ1n) is 6.13. The maximum absolute atomic E-state index is 13.1. The monoisotopic (exact) mass is 336 g/mol. The van der Waals surface area contributed by atoms with Crippen LogP contribution in [0.3, 0.4) is 0 Å². The lowest BCUT2D eigenvalue weighted by atomic mass is 10.2. The van der Waals surface area contributed by atoms with Crippen molar-refractivity contribution in [1.29, 1.82) is 0 Å². The van der Waals surface area contributed by atoms with Gasteiger partial charge in [0.25, 0.3) is 11.4 Å². The van der Waals surface area contributed by atoms with Crippen LogP contribution < -0.4 is 10.6 Å². The van der Waals surface area contributed by atoms with Gasteiger partial charge in [0, 0.05) is 17.8 Å². The van der Waals surface area contributed by atoms with Crippen LogP contribution in [0.4, 0.5) is 27.1 Å². The maximum atomic E-state index is 13.1. The largest absolute Gasteiger partial charge is 0.332 e. The van der Waals surface area contributed by atoms with Gasteiger partial charge in [-0.3, -0.25) is 20.2 Å². The van der Waals surface area contributed by atoms with Crippen molar-refractivity contribution in [3.63, 3.8) is 0 Å². The molecule has 0 spiro atoms. The molecule has 10 heteroatoms. The van der Waals surface area contributed by atoms with E-state index in [2.05, 4.69) is 10.6 Å². The minimum Gasteiger partial charge on any atom is -0.332 e. The number of anilines is 2. The maximum Gasteiger partial charge on any atom is 0.295 e. The summed E-state index contributed by atoms with van der Waals surface area (Å²) in [5, 5.41) is 26.8. The Morgan fingerprint density at radius 2 is 1.78 bits per heavy atom. The molecule has 0 aromatic heterocycles. The minimum absolute atomic E-state index is 0.000620. The number of nitro benzene ring substituents is 2. The Balaban J connectivity index is 2.16. The molecular weight excluding hydrogens is 327 g/mol. The number of nitro groups is 2. The van der Waals surface area contributed by atoms with Crippen LogP contribution in [0, 0.1) is 26.0 Å². The summed E-state index contributed by atoms with van der Waals surface area (Å²) in [5.41, 5.74) is -0.278. The highest BCUT2D eigenvalue weighted by molar-refractivity contribution is 7.80. The van der Waals surface area contributed by atoms with Crippen molar-refractivity contribution in [2.75, 3.05) is 10.6 Å². The molecule has 0 aliphatic carbocycles. The fraction of sp³-hybridized carbons (Fsp3) is 0. The second-order valence-electron chi connectivity index (χ2n) is 4.31. The number of nitrogens with zero attached hydrogens (tertiary/aromatic N) is 2. The van der Waals surface area contributed by atoms with E-state index in [9.17, 15) is 24.6 Å². The molecule has 2 aromatic carbocycles. The topological polar surface area (TPSA) is 110 Å². The zero-order valence-electron chi connectivity index (χ0n) is 11.4. The molecule has 0 saturated carbocycles. The minimum atomic E-state index is -0.750. The second kappa shape index (κ2) is 6.75. The van der Waals surface area contributed by atoms with Crippen molar-refractivity contribution in [2.24, 2.45) is 0 Å². The van der Waals surface area contributed by atoms with Gasteiger partial charge in [0.1, 0.15) is 11.5 Å². The predicted octanol–water partition coefficient (Wildman–Crippen LogP) is 3.45. The number of nitrogens with one attached hydrogen (secondary N) is 2. The second-order valence-corrected chi connectivity index (χ2v) is 4.71. The molecule has 2 aromatic rings. The van der Waals surface area contributed by atoms with E-state index in [1.165, 1.54) is 24.3 Å². The van der Waals surface area contributed by atoms with Gasteiger partial charge in [-0.25, -0.2) is 4.39 Å². The summed E-state index contributed by atoms with van der Waals surface area (Å²) in [6.45, 7) is 0. The fourth-order valence-electron chi connectivity index (χ4n) is 1.74. The number of rotatable bonds is 4. The number of hydrogen-bond donors (Lipinski definition) is 2. The van der Waals surface area contributed by atoms with Crippen molar-refractivity contribution < 1.29 is 14.2 Å². The van der Waals surface area contributed by atoms with Crippen LogP contribution in [0.1, 0.15) is 0 Å². The van der Waals surface area contributed by atoms with Crippen molar-refractivity contribution in [3.8, 4) is 0 Å². The number of benzene rings is 2. The molecule has 0 unspecified atom stereocenters. The molecule has 0 bridgehead atoms. The zero-order chi connectivity index (χ0) is 17.0. The van der Waals surface area contributed by atoms with Crippen molar-refractivity contribution in [3.05, 3.63) is 68.5 Å². The molecule has 0 heterocycles. The number of halogens is 1. The molecule has 23 heavy (non-hydrogen) atoms. The summed E-state index contributed by atoms with van der Waals surface area (Å²) >= 11 is 5.00. The number of non-ortho nitro benzene ring substituents is 1. The van der Waals surface area contributed by atoms with Gasteiger partial charge in [0.15, 0.2) is 5.11 Å². The van der Waals surface area contributed by atoms with Crippen LogP contribution >= 0.6 is 12.2 Å². The Bertz CT molecular complexity index is 799. The van der Waals surface area contributed by atoms with Gasteiger partial charge in [0.05, 0.1) is 15.9 Å². The Kier molecular flexibility index (Phi) is 4.76. The SMILES string of the molecule is O=[N+]([O-])c1cccc(NC(=S)Nc2ccc(F)cc2[N+](=O)[O-])c1. The first-order valence-corrected chi connectivity index (χ1v) is 6.54. The normalized spacial score (nSPS) is 9.96. The summed E-state index contributed by atoms with van der Waals surface area (Å²) in [4.78, 5) is 20.3. The average molecular weight is 336 g/mol. The van der Waals surface area contributed by atoms with E-state index in [1.54, 1.807) is 6.07 Å². The van der Waals surface area contributed by atoms with Gasteiger partial charge in [-0.1, -0.05) is 6.07 Å². The molecule has 8 nitrogen and oxygen atoms in total. The Morgan fingerprint density at radius 3 is 2.43 bits per heavy atom. The van der Waals surface area contributed by atoms with E-state index in [0.29, 0.717) is 5.69 Å². The van der Waals surface area contributed by atoms with E-state index in [0.717, 1.165) is 12.1 Å². The molecule has 0 saturated heterocycles. The quantitative estimate of drug-likeness (QED) is 0.500. The van der Waals surface area contributed by atoms with E-state index < -0.39 is 21.4 Å². The summed E-state index contributed by atoms with van der Waals surface area (Å²) in [5.74, 6) is -0.750. The predicted molar refractivity (Wildman–Crippen MR) is 86.0 cm³/mol. The van der Waals surface area contributed by atoms with E-state index in [4.69, 9.17) is 12.2 Å². The van der Waals surface area contributed by atoms with E-state index >= 15 is 0 Å².